The number of nitrogen functional groups attached to an aromatic ring is 1. The summed E-state index contributed by atoms with van der Waals surface area (Å²) in [5.74, 6) is 0.115. The standard InChI is InChI=1S/C7H9ClF2N4O/c8-4-1-5(14-7(11)13-4)12-2-3(15)6(9)10/h1,3,6,15H,2H2,(H3,11,12,13,14). The molecule has 0 saturated carbocycles. The number of nitrogens with one attached hydrogen (secondary N) is 1. The summed E-state index contributed by atoms with van der Waals surface area (Å²) in [5, 5.41) is 11.4. The average molecular weight is 239 g/mol. The van der Waals surface area contributed by atoms with Crippen LogP contribution in [0.5, 0.6) is 0 Å². The predicted octanol–water partition coefficient (Wildman–Crippen LogP) is 0.750. The summed E-state index contributed by atoms with van der Waals surface area (Å²) in [4.78, 5) is 7.26. The molecule has 1 aromatic heterocycles. The van der Waals surface area contributed by atoms with Crippen LogP contribution in [0, 0.1) is 0 Å². The number of nitrogens with zero attached hydrogens (tertiary/aromatic N) is 2. The topological polar surface area (TPSA) is 84.1 Å². The maximum Gasteiger partial charge on any atom is 0.265 e. The zero-order valence-electron chi connectivity index (χ0n) is 7.49. The van der Waals surface area contributed by atoms with Crippen LogP contribution < -0.4 is 11.1 Å². The normalized spacial score (nSPS) is 12.9. The van der Waals surface area contributed by atoms with Crippen molar-refractivity contribution < 1.29 is 13.9 Å². The zero-order chi connectivity index (χ0) is 11.4. The van der Waals surface area contributed by atoms with Crippen molar-refractivity contribution in [1.29, 1.82) is 0 Å². The van der Waals surface area contributed by atoms with Crippen LogP contribution in [0.1, 0.15) is 0 Å². The molecular formula is C7H9ClF2N4O. The average Bonchev–Trinajstić information content (AvgIpc) is 2.12. The number of hydrogen-bond acceptors (Lipinski definition) is 5. The van der Waals surface area contributed by atoms with Gasteiger partial charge < -0.3 is 16.2 Å². The summed E-state index contributed by atoms with van der Waals surface area (Å²) in [6, 6.07) is 1.32. The minimum absolute atomic E-state index is 0.0727. The molecule has 84 valence electrons. The SMILES string of the molecule is Nc1nc(Cl)cc(NCC(O)C(F)F)n1. The second-order valence-corrected chi connectivity index (χ2v) is 3.10. The third-order valence-electron chi connectivity index (χ3n) is 1.50. The van der Waals surface area contributed by atoms with E-state index >= 15 is 0 Å². The van der Waals surface area contributed by atoms with E-state index in [0.29, 0.717) is 0 Å². The van der Waals surface area contributed by atoms with Crippen LogP contribution in [0.15, 0.2) is 6.07 Å². The number of rotatable bonds is 4. The number of aromatic nitrogens is 2. The third kappa shape index (κ3) is 3.80. The van der Waals surface area contributed by atoms with Crippen molar-refractivity contribution in [2.75, 3.05) is 17.6 Å². The minimum atomic E-state index is -2.81. The number of aliphatic hydroxyl groups excluding tert-OH is 1. The molecule has 1 rings (SSSR count). The summed E-state index contributed by atoms with van der Waals surface area (Å²) in [7, 11) is 0. The Kier molecular flexibility index (Phi) is 3.98. The second kappa shape index (κ2) is 5.04. The highest BCUT2D eigenvalue weighted by molar-refractivity contribution is 6.29. The van der Waals surface area contributed by atoms with Gasteiger partial charge in [0, 0.05) is 12.6 Å². The number of hydrogen-bond donors (Lipinski definition) is 3. The van der Waals surface area contributed by atoms with Gasteiger partial charge in [-0.2, -0.15) is 4.98 Å². The van der Waals surface area contributed by atoms with Gasteiger partial charge in [0.1, 0.15) is 17.1 Å². The smallest absolute Gasteiger partial charge is 0.265 e. The number of aliphatic hydroxyl groups is 1. The Balaban J connectivity index is 2.57. The van der Waals surface area contributed by atoms with Gasteiger partial charge in [-0.05, 0) is 0 Å². The van der Waals surface area contributed by atoms with Crippen molar-refractivity contribution >= 4 is 23.4 Å². The van der Waals surface area contributed by atoms with Crippen molar-refractivity contribution in [2.24, 2.45) is 0 Å². The minimum Gasteiger partial charge on any atom is -0.385 e. The Bertz CT molecular complexity index is 319. The second-order valence-electron chi connectivity index (χ2n) is 2.72. The van der Waals surface area contributed by atoms with Gasteiger partial charge in [-0.15, -0.1) is 0 Å². The number of nitrogens with two attached hydrogens (primary N) is 1. The number of halogens is 3. The van der Waals surface area contributed by atoms with Crippen molar-refractivity contribution in [2.45, 2.75) is 12.5 Å². The predicted molar refractivity (Wildman–Crippen MR) is 52.0 cm³/mol. The molecule has 0 aliphatic heterocycles. The first-order valence-electron chi connectivity index (χ1n) is 3.99. The van der Waals surface area contributed by atoms with Crippen LogP contribution in [0.3, 0.4) is 0 Å². The summed E-state index contributed by atoms with van der Waals surface area (Å²) in [6.45, 7) is -0.343. The van der Waals surface area contributed by atoms with E-state index in [9.17, 15) is 8.78 Å². The number of alkyl halides is 2. The summed E-state index contributed by atoms with van der Waals surface area (Å²) in [6.07, 6.45) is -4.58. The fraction of sp³-hybridized carbons (Fsp3) is 0.429. The summed E-state index contributed by atoms with van der Waals surface area (Å²) in [5.41, 5.74) is 5.27. The molecule has 1 heterocycles. The molecule has 0 fully saturated rings. The van der Waals surface area contributed by atoms with Gasteiger partial charge in [0.25, 0.3) is 6.43 Å². The Labute approximate surface area is 89.3 Å². The molecule has 0 amide bonds. The Morgan fingerprint density at radius 2 is 2.20 bits per heavy atom. The highest BCUT2D eigenvalue weighted by atomic mass is 35.5. The lowest BCUT2D eigenvalue weighted by Gasteiger charge is -2.11. The van der Waals surface area contributed by atoms with Crippen LogP contribution in [0.4, 0.5) is 20.5 Å². The van der Waals surface area contributed by atoms with Crippen molar-refractivity contribution in [3.05, 3.63) is 11.2 Å². The maximum atomic E-state index is 11.9. The van der Waals surface area contributed by atoms with Gasteiger partial charge in [0.2, 0.25) is 5.95 Å². The summed E-state index contributed by atoms with van der Waals surface area (Å²) < 4.78 is 23.8. The van der Waals surface area contributed by atoms with Gasteiger partial charge in [-0.1, -0.05) is 11.6 Å². The van der Waals surface area contributed by atoms with Crippen LogP contribution in [-0.2, 0) is 0 Å². The highest BCUT2D eigenvalue weighted by Crippen LogP contribution is 2.12. The van der Waals surface area contributed by atoms with Crippen LogP contribution >= 0.6 is 11.6 Å². The van der Waals surface area contributed by atoms with Gasteiger partial charge in [-0.3, -0.25) is 0 Å². The number of anilines is 2. The molecule has 0 bridgehead atoms. The summed E-state index contributed by atoms with van der Waals surface area (Å²) >= 11 is 5.55. The molecule has 4 N–H and O–H groups in total. The van der Waals surface area contributed by atoms with Gasteiger partial charge in [0.15, 0.2) is 0 Å². The molecule has 15 heavy (non-hydrogen) atoms. The highest BCUT2D eigenvalue weighted by Gasteiger charge is 2.16. The Morgan fingerprint density at radius 3 is 2.73 bits per heavy atom. The van der Waals surface area contributed by atoms with E-state index in [1.54, 1.807) is 0 Å². The lowest BCUT2D eigenvalue weighted by molar-refractivity contribution is 0.00381. The molecule has 0 aromatic carbocycles. The molecular weight excluding hydrogens is 230 g/mol. The van der Waals surface area contributed by atoms with Gasteiger partial charge in [0.05, 0.1) is 0 Å². The van der Waals surface area contributed by atoms with Crippen molar-refractivity contribution in [1.82, 2.24) is 9.97 Å². The van der Waals surface area contributed by atoms with Crippen molar-refractivity contribution in [3.8, 4) is 0 Å². The van der Waals surface area contributed by atoms with E-state index in [-0.39, 0.29) is 23.5 Å². The maximum absolute atomic E-state index is 11.9. The van der Waals surface area contributed by atoms with E-state index in [4.69, 9.17) is 22.4 Å². The third-order valence-corrected chi connectivity index (χ3v) is 1.69. The Hall–Kier alpha value is -1.21. The Morgan fingerprint density at radius 1 is 1.53 bits per heavy atom. The van der Waals surface area contributed by atoms with Crippen LogP contribution in [0.25, 0.3) is 0 Å². The molecule has 0 aliphatic carbocycles. The lowest BCUT2D eigenvalue weighted by Crippen LogP contribution is -2.27. The fourth-order valence-corrected chi connectivity index (χ4v) is 1.01. The molecule has 0 aliphatic rings. The molecule has 5 nitrogen and oxygen atoms in total. The quantitative estimate of drug-likeness (QED) is 0.674. The largest absolute Gasteiger partial charge is 0.385 e. The fourth-order valence-electron chi connectivity index (χ4n) is 0.824. The molecule has 0 radical (unpaired) electrons. The van der Waals surface area contributed by atoms with E-state index in [1.807, 2.05) is 0 Å². The molecule has 1 atom stereocenters. The first-order chi connectivity index (χ1) is 6.99. The monoisotopic (exact) mass is 238 g/mol. The zero-order valence-corrected chi connectivity index (χ0v) is 8.25. The molecule has 1 unspecified atom stereocenters. The van der Waals surface area contributed by atoms with E-state index < -0.39 is 12.5 Å². The van der Waals surface area contributed by atoms with E-state index in [1.165, 1.54) is 6.07 Å². The molecule has 0 saturated heterocycles. The molecule has 0 spiro atoms. The van der Waals surface area contributed by atoms with Crippen molar-refractivity contribution in [3.63, 3.8) is 0 Å². The van der Waals surface area contributed by atoms with Gasteiger partial charge >= 0.3 is 0 Å². The lowest BCUT2D eigenvalue weighted by atomic mass is 10.3. The molecule has 8 heteroatoms. The van der Waals surface area contributed by atoms with Crippen LogP contribution in [0.2, 0.25) is 5.15 Å². The first kappa shape index (κ1) is 11.9. The van der Waals surface area contributed by atoms with Gasteiger partial charge in [-0.25, -0.2) is 13.8 Å². The molecule has 1 aromatic rings. The first-order valence-corrected chi connectivity index (χ1v) is 4.37. The van der Waals surface area contributed by atoms with E-state index in [2.05, 4.69) is 15.3 Å². The van der Waals surface area contributed by atoms with E-state index in [0.717, 1.165) is 0 Å². The van der Waals surface area contributed by atoms with Crippen LogP contribution in [-0.4, -0.2) is 34.1 Å².